The summed E-state index contributed by atoms with van der Waals surface area (Å²) in [5.74, 6) is 0.246. The van der Waals surface area contributed by atoms with Crippen molar-refractivity contribution in [2.45, 2.75) is 12.7 Å². The van der Waals surface area contributed by atoms with E-state index in [0.717, 1.165) is 12.1 Å². The topological polar surface area (TPSA) is 78.2 Å². The van der Waals surface area contributed by atoms with Crippen molar-refractivity contribution < 1.29 is 17.7 Å². The van der Waals surface area contributed by atoms with Gasteiger partial charge in [0.25, 0.3) is 0 Å². The first-order valence-electron chi connectivity index (χ1n) is 7.46. The van der Waals surface area contributed by atoms with E-state index in [1.54, 1.807) is 24.4 Å². The van der Waals surface area contributed by atoms with Gasteiger partial charge in [0.15, 0.2) is 5.65 Å². The molecule has 0 saturated heterocycles. The highest BCUT2D eigenvalue weighted by Crippen LogP contribution is 2.30. The highest BCUT2D eigenvalue weighted by atomic mass is 19.4. The van der Waals surface area contributed by atoms with Gasteiger partial charge >= 0.3 is 11.9 Å². The van der Waals surface area contributed by atoms with Gasteiger partial charge in [0, 0.05) is 11.8 Å². The summed E-state index contributed by atoms with van der Waals surface area (Å²) in [6, 6.07) is 9.54. The van der Waals surface area contributed by atoms with Gasteiger partial charge in [-0.15, -0.1) is 5.10 Å². The van der Waals surface area contributed by atoms with Crippen LogP contribution in [0.1, 0.15) is 11.5 Å². The Hall–Kier alpha value is -3.43. The molecule has 0 atom stereocenters. The predicted octanol–water partition coefficient (Wildman–Crippen LogP) is 2.61. The smallest absolute Gasteiger partial charge is 0.337 e. The molecule has 0 amide bonds. The van der Waals surface area contributed by atoms with Gasteiger partial charge in [-0.25, -0.2) is 9.48 Å². The van der Waals surface area contributed by atoms with Crippen LogP contribution < -0.4 is 5.69 Å². The number of aromatic nitrogens is 5. The Morgan fingerprint density at radius 2 is 1.85 bits per heavy atom. The summed E-state index contributed by atoms with van der Waals surface area (Å²) >= 11 is 0. The van der Waals surface area contributed by atoms with Crippen LogP contribution in [0.5, 0.6) is 0 Å². The van der Waals surface area contributed by atoms with Crippen LogP contribution in [0.2, 0.25) is 0 Å². The van der Waals surface area contributed by atoms with E-state index in [2.05, 4.69) is 15.2 Å². The third kappa shape index (κ3) is 2.85. The minimum Gasteiger partial charge on any atom is -0.337 e. The molecule has 0 radical (unpaired) electrons. The molecule has 0 saturated carbocycles. The Morgan fingerprint density at radius 3 is 2.54 bits per heavy atom. The molecule has 0 bridgehead atoms. The molecule has 3 heterocycles. The number of hydrogen-bond donors (Lipinski definition) is 0. The lowest BCUT2D eigenvalue weighted by Crippen LogP contribution is -2.21. The van der Waals surface area contributed by atoms with E-state index >= 15 is 0 Å². The Labute approximate surface area is 143 Å². The van der Waals surface area contributed by atoms with Crippen molar-refractivity contribution in [1.29, 1.82) is 0 Å². The molecule has 10 heteroatoms. The number of benzene rings is 1. The molecule has 0 unspecified atom stereocenters. The van der Waals surface area contributed by atoms with Crippen LogP contribution in [0.15, 0.2) is 58.0 Å². The molecule has 26 heavy (non-hydrogen) atoms. The molecule has 7 nitrogen and oxygen atoms in total. The van der Waals surface area contributed by atoms with Gasteiger partial charge in [0.1, 0.15) is 6.54 Å². The summed E-state index contributed by atoms with van der Waals surface area (Å²) in [6.45, 7) is -0.0475. The number of alkyl halides is 3. The van der Waals surface area contributed by atoms with E-state index < -0.39 is 11.7 Å². The third-order valence-electron chi connectivity index (χ3n) is 3.71. The number of hydrogen-bond acceptors (Lipinski definition) is 5. The highest BCUT2D eigenvalue weighted by Gasteiger charge is 2.30. The first-order chi connectivity index (χ1) is 12.4. The SMILES string of the molecule is O=c1n(Cc2nc(-c3ccc(C(F)(F)F)cc3)no2)nc2ccccn12. The number of halogens is 3. The summed E-state index contributed by atoms with van der Waals surface area (Å²) in [4.78, 5) is 16.3. The minimum atomic E-state index is -4.41. The summed E-state index contributed by atoms with van der Waals surface area (Å²) < 4.78 is 45.4. The van der Waals surface area contributed by atoms with E-state index in [1.807, 2.05) is 0 Å². The lowest BCUT2D eigenvalue weighted by Gasteiger charge is -2.05. The summed E-state index contributed by atoms with van der Waals surface area (Å²) in [6.07, 6.45) is -2.83. The number of fused-ring (bicyclic) bond motifs is 1. The van der Waals surface area contributed by atoms with Gasteiger partial charge in [-0.1, -0.05) is 23.4 Å². The lowest BCUT2D eigenvalue weighted by molar-refractivity contribution is -0.137. The number of nitrogens with zero attached hydrogens (tertiary/aromatic N) is 5. The van der Waals surface area contributed by atoms with Gasteiger partial charge in [0.2, 0.25) is 11.7 Å². The minimum absolute atomic E-state index is 0.0475. The van der Waals surface area contributed by atoms with Crippen molar-refractivity contribution in [3.05, 3.63) is 70.6 Å². The molecule has 132 valence electrons. The molecule has 0 aliphatic carbocycles. The fraction of sp³-hybridized carbons (Fsp3) is 0.125. The fourth-order valence-electron chi connectivity index (χ4n) is 2.44. The molecular formula is C16H10F3N5O2. The normalized spacial score (nSPS) is 12.0. The maximum Gasteiger partial charge on any atom is 0.416 e. The Bertz CT molecular complexity index is 1130. The van der Waals surface area contributed by atoms with Crippen LogP contribution in [-0.2, 0) is 12.7 Å². The quantitative estimate of drug-likeness (QED) is 0.561. The lowest BCUT2D eigenvalue weighted by atomic mass is 10.1. The van der Waals surface area contributed by atoms with Crippen LogP contribution in [0.25, 0.3) is 17.0 Å². The molecule has 0 fully saturated rings. The molecular weight excluding hydrogens is 351 g/mol. The van der Waals surface area contributed by atoms with Crippen molar-refractivity contribution in [2.24, 2.45) is 0 Å². The third-order valence-corrected chi connectivity index (χ3v) is 3.71. The molecule has 0 aliphatic rings. The second kappa shape index (κ2) is 5.83. The van der Waals surface area contributed by atoms with Crippen LogP contribution in [0.4, 0.5) is 13.2 Å². The van der Waals surface area contributed by atoms with E-state index in [4.69, 9.17) is 4.52 Å². The van der Waals surface area contributed by atoms with E-state index in [0.29, 0.717) is 11.2 Å². The molecule has 1 aromatic carbocycles. The van der Waals surface area contributed by atoms with Gasteiger partial charge in [-0.2, -0.15) is 18.2 Å². The first kappa shape index (κ1) is 16.1. The molecule has 4 rings (SSSR count). The van der Waals surface area contributed by atoms with Crippen LogP contribution in [0, 0.1) is 0 Å². The Morgan fingerprint density at radius 1 is 1.08 bits per heavy atom. The molecule has 0 N–H and O–H groups in total. The number of rotatable bonds is 3. The maximum absolute atomic E-state index is 12.6. The zero-order valence-electron chi connectivity index (χ0n) is 13.0. The Kier molecular flexibility index (Phi) is 3.60. The van der Waals surface area contributed by atoms with Crippen LogP contribution in [-0.4, -0.2) is 24.3 Å². The van der Waals surface area contributed by atoms with E-state index in [-0.39, 0.29) is 23.9 Å². The zero-order valence-corrected chi connectivity index (χ0v) is 13.0. The fourth-order valence-corrected chi connectivity index (χ4v) is 2.44. The standard InChI is InChI=1S/C16H10F3N5O2/c17-16(18,19)11-6-4-10(5-7-11)14-20-13(26-22-14)9-24-15(25)23-8-2-1-3-12(23)21-24/h1-8H,9H2. The maximum atomic E-state index is 12.6. The van der Waals surface area contributed by atoms with Crippen molar-refractivity contribution >= 4 is 5.65 Å². The second-order valence-corrected chi connectivity index (χ2v) is 5.46. The second-order valence-electron chi connectivity index (χ2n) is 5.46. The van der Waals surface area contributed by atoms with Crippen molar-refractivity contribution in [3.8, 4) is 11.4 Å². The van der Waals surface area contributed by atoms with E-state index in [9.17, 15) is 18.0 Å². The monoisotopic (exact) mass is 361 g/mol. The molecule has 4 aromatic rings. The zero-order chi connectivity index (χ0) is 18.3. The van der Waals surface area contributed by atoms with Gasteiger partial charge in [-0.05, 0) is 24.3 Å². The van der Waals surface area contributed by atoms with Crippen LogP contribution >= 0.6 is 0 Å². The largest absolute Gasteiger partial charge is 0.416 e. The van der Waals surface area contributed by atoms with Crippen LogP contribution in [0.3, 0.4) is 0 Å². The van der Waals surface area contributed by atoms with Crippen molar-refractivity contribution in [3.63, 3.8) is 0 Å². The Balaban J connectivity index is 1.60. The highest BCUT2D eigenvalue weighted by molar-refractivity contribution is 5.54. The average Bonchev–Trinajstić information content (AvgIpc) is 3.20. The average molecular weight is 361 g/mol. The molecule has 0 aliphatic heterocycles. The summed E-state index contributed by atoms with van der Waals surface area (Å²) in [7, 11) is 0. The van der Waals surface area contributed by atoms with Gasteiger partial charge in [-0.3, -0.25) is 4.40 Å². The van der Waals surface area contributed by atoms with Crippen molar-refractivity contribution in [1.82, 2.24) is 24.3 Å². The van der Waals surface area contributed by atoms with E-state index in [1.165, 1.54) is 21.2 Å². The molecule has 3 aromatic heterocycles. The number of pyridine rings is 1. The summed E-state index contributed by atoms with van der Waals surface area (Å²) in [5, 5.41) is 7.88. The van der Waals surface area contributed by atoms with Gasteiger partial charge in [0.05, 0.1) is 5.56 Å². The summed E-state index contributed by atoms with van der Waals surface area (Å²) in [5.41, 5.74) is -0.286. The molecule has 0 spiro atoms. The predicted molar refractivity (Wildman–Crippen MR) is 83.3 cm³/mol. The first-order valence-corrected chi connectivity index (χ1v) is 7.46. The van der Waals surface area contributed by atoms with Gasteiger partial charge < -0.3 is 4.52 Å². The van der Waals surface area contributed by atoms with Crippen molar-refractivity contribution in [2.75, 3.05) is 0 Å².